The summed E-state index contributed by atoms with van der Waals surface area (Å²) in [4.78, 5) is 10.2. The van der Waals surface area contributed by atoms with E-state index in [2.05, 4.69) is 5.32 Å². The predicted molar refractivity (Wildman–Crippen MR) is 66.1 cm³/mol. The molecule has 1 unspecified atom stereocenters. The number of benzene rings is 1. The number of rotatable bonds is 5. The smallest absolute Gasteiger partial charge is 0.314 e. The van der Waals surface area contributed by atoms with Crippen LogP contribution in [0.15, 0.2) is 12.1 Å². The van der Waals surface area contributed by atoms with Crippen molar-refractivity contribution in [3.05, 3.63) is 28.1 Å². The van der Waals surface area contributed by atoms with Crippen molar-refractivity contribution in [3.63, 3.8) is 0 Å². The van der Waals surface area contributed by atoms with Crippen LogP contribution >= 0.6 is 0 Å². The standard InChI is InChI=1S/C12H15FN2O4/c1-18-11-5-12(10(15(16)17)4-9(11)13)19-7-8-2-3-14-6-8/h4-5,8,14H,2-3,6-7H2,1H3. The number of nitro groups is 1. The molecule has 0 aromatic heterocycles. The van der Waals surface area contributed by atoms with E-state index >= 15 is 0 Å². The summed E-state index contributed by atoms with van der Waals surface area (Å²) in [5.41, 5.74) is -0.385. The van der Waals surface area contributed by atoms with Gasteiger partial charge in [0.15, 0.2) is 11.6 Å². The van der Waals surface area contributed by atoms with Crippen molar-refractivity contribution in [3.8, 4) is 11.5 Å². The molecule has 1 aromatic carbocycles. The number of ether oxygens (including phenoxy) is 2. The highest BCUT2D eigenvalue weighted by atomic mass is 19.1. The minimum atomic E-state index is -0.774. The molecule has 1 fully saturated rings. The second kappa shape index (κ2) is 5.83. The highest BCUT2D eigenvalue weighted by Crippen LogP contribution is 2.34. The van der Waals surface area contributed by atoms with E-state index < -0.39 is 10.7 Å². The molecule has 7 heteroatoms. The van der Waals surface area contributed by atoms with Gasteiger partial charge in [-0.1, -0.05) is 0 Å². The number of nitro benzene ring substituents is 1. The third kappa shape index (κ3) is 3.11. The van der Waals surface area contributed by atoms with Crippen LogP contribution in [0.5, 0.6) is 11.5 Å². The number of nitrogens with one attached hydrogen (secondary N) is 1. The normalized spacial score (nSPS) is 18.3. The van der Waals surface area contributed by atoms with Gasteiger partial charge in [0.1, 0.15) is 0 Å². The first kappa shape index (κ1) is 13.5. The molecule has 1 aliphatic rings. The first-order valence-corrected chi connectivity index (χ1v) is 5.97. The molecule has 0 spiro atoms. The predicted octanol–water partition coefficient (Wildman–Crippen LogP) is 1.73. The van der Waals surface area contributed by atoms with E-state index in [1.54, 1.807) is 0 Å². The Labute approximate surface area is 109 Å². The summed E-state index contributed by atoms with van der Waals surface area (Å²) >= 11 is 0. The Bertz CT molecular complexity index is 475. The number of nitrogens with zero attached hydrogens (tertiary/aromatic N) is 1. The Morgan fingerprint density at radius 2 is 2.32 bits per heavy atom. The van der Waals surface area contributed by atoms with Crippen LogP contribution in [0, 0.1) is 21.8 Å². The lowest BCUT2D eigenvalue weighted by Gasteiger charge is -2.12. The summed E-state index contributed by atoms with van der Waals surface area (Å²) in [5, 5.41) is 14.1. The molecule has 2 rings (SSSR count). The minimum Gasteiger partial charge on any atom is -0.494 e. The Morgan fingerprint density at radius 1 is 1.53 bits per heavy atom. The van der Waals surface area contributed by atoms with Crippen LogP contribution < -0.4 is 14.8 Å². The molecular formula is C12H15FN2O4. The van der Waals surface area contributed by atoms with Gasteiger partial charge in [-0.05, 0) is 13.0 Å². The van der Waals surface area contributed by atoms with Crippen LogP contribution in [0.1, 0.15) is 6.42 Å². The van der Waals surface area contributed by atoms with Gasteiger partial charge in [-0.3, -0.25) is 10.1 Å². The Balaban J connectivity index is 2.18. The van der Waals surface area contributed by atoms with Crippen molar-refractivity contribution in [1.29, 1.82) is 0 Å². The fourth-order valence-electron chi connectivity index (χ4n) is 2.00. The van der Waals surface area contributed by atoms with Crippen molar-refractivity contribution in [2.45, 2.75) is 6.42 Å². The van der Waals surface area contributed by atoms with Crippen molar-refractivity contribution < 1.29 is 18.8 Å². The fraction of sp³-hybridized carbons (Fsp3) is 0.500. The van der Waals surface area contributed by atoms with Gasteiger partial charge in [0, 0.05) is 18.5 Å². The van der Waals surface area contributed by atoms with E-state index in [0.717, 1.165) is 25.6 Å². The van der Waals surface area contributed by atoms with Crippen molar-refractivity contribution in [1.82, 2.24) is 5.32 Å². The molecule has 1 N–H and O–H groups in total. The number of hydrogen-bond acceptors (Lipinski definition) is 5. The highest BCUT2D eigenvalue weighted by molar-refractivity contribution is 5.51. The molecule has 1 heterocycles. The van der Waals surface area contributed by atoms with E-state index in [1.165, 1.54) is 13.2 Å². The van der Waals surface area contributed by atoms with Gasteiger partial charge in [0.25, 0.3) is 0 Å². The van der Waals surface area contributed by atoms with Gasteiger partial charge in [-0.2, -0.15) is 0 Å². The summed E-state index contributed by atoms with van der Waals surface area (Å²) in [7, 11) is 1.30. The monoisotopic (exact) mass is 270 g/mol. The van der Waals surface area contributed by atoms with Gasteiger partial charge in [-0.25, -0.2) is 4.39 Å². The first-order chi connectivity index (χ1) is 9.11. The molecule has 0 saturated carbocycles. The molecule has 1 aromatic rings. The van der Waals surface area contributed by atoms with E-state index in [4.69, 9.17) is 9.47 Å². The summed E-state index contributed by atoms with van der Waals surface area (Å²) < 4.78 is 23.7. The Hall–Kier alpha value is -1.89. The van der Waals surface area contributed by atoms with E-state index in [1.807, 2.05) is 0 Å². The lowest BCUT2D eigenvalue weighted by molar-refractivity contribution is -0.386. The Morgan fingerprint density at radius 3 is 2.89 bits per heavy atom. The largest absolute Gasteiger partial charge is 0.494 e. The maximum atomic E-state index is 13.4. The number of methoxy groups -OCH3 is 1. The molecule has 1 aliphatic heterocycles. The molecule has 6 nitrogen and oxygen atoms in total. The van der Waals surface area contributed by atoms with E-state index in [9.17, 15) is 14.5 Å². The second-order valence-corrected chi connectivity index (χ2v) is 4.38. The van der Waals surface area contributed by atoms with Crippen LogP contribution in [0.25, 0.3) is 0 Å². The average molecular weight is 270 g/mol. The summed E-state index contributed by atoms with van der Waals surface area (Å²) in [6.45, 7) is 2.11. The van der Waals surface area contributed by atoms with Gasteiger partial charge < -0.3 is 14.8 Å². The highest BCUT2D eigenvalue weighted by Gasteiger charge is 2.22. The molecule has 104 valence electrons. The van der Waals surface area contributed by atoms with Gasteiger partial charge in [0.2, 0.25) is 5.75 Å². The third-order valence-electron chi connectivity index (χ3n) is 3.07. The summed E-state index contributed by atoms with van der Waals surface area (Å²) in [5.74, 6) is -0.486. The van der Waals surface area contributed by atoms with Crippen LogP contribution in [0.4, 0.5) is 10.1 Å². The minimum absolute atomic E-state index is 0.0372. The molecule has 0 amide bonds. The molecule has 0 radical (unpaired) electrons. The van der Waals surface area contributed by atoms with Crippen molar-refractivity contribution in [2.24, 2.45) is 5.92 Å². The average Bonchev–Trinajstić information content (AvgIpc) is 2.89. The van der Waals surface area contributed by atoms with Crippen LogP contribution in [-0.4, -0.2) is 31.7 Å². The van der Waals surface area contributed by atoms with Crippen LogP contribution in [-0.2, 0) is 0 Å². The van der Waals surface area contributed by atoms with Crippen LogP contribution in [0.2, 0.25) is 0 Å². The molecule has 19 heavy (non-hydrogen) atoms. The van der Waals surface area contributed by atoms with Crippen LogP contribution in [0.3, 0.4) is 0 Å². The summed E-state index contributed by atoms with van der Waals surface area (Å²) in [6.07, 6.45) is 0.964. The first-order valence-electron chi connectivity index (χ1n) is 5.97. The van der Waals surface area contributed by atoms with E-state index in [-0.39, 0.29) is 17.2 Å². The molecule has 0 aliphatic carbocycles. The molecule has 1 atom stereocenters. The molecular weight excluding hydrogens is 255 g/mol. The summed E-state index contributed by atoms with van der Waals surface area (Å²) in [6, 6.07) is 2.04. The van der Waals surface area contributed by atoms with Crippen molar-refractivity contribution >= 4 is 5.69 Å². The number of hydrogen-bond donors (Lipinski definition) is 1. The maximum Gasteiger partial charge on any atom is 0.314 e. The van der Waals surface area contributed by atoms with Gasteiger partial charge in [-0.15, -0.1) is 0 Å². The lowest BCUT2D eigenvalue weighted by atomic mass is 10.1. The zero-order chi connectivity index (χ0) is 13.8. The van der Waals surface area contributed by atoms with Crippen molar-refractivity contribution in [2.75, 3.05) is 26.8 Å². The van der Waals surface area contributed by atoms with E-state index in [0.29, 0.717) is 12.5 Å². The third-order valence-corrected chi connectivity index (χ3v) is 3.07. The fourth-order valence-corrected chi connectivity index (χ4v) is 2.00. The Kier molecular flexibility index (Phi) is 4.16. The molecule has 1 saturated heterocycles. The van der Waals surface area contributed by atoms with Gasteiger partial charge in [0.05, 0.1) is 24.7 Å². The second-order valence-electron chi connectivity index (χ2n) is 4.38. The maximum absolute atomic E-state index is 13.4. The molecule has 0 bridgehead atoms. The number of halogens is 1. The zero-order valence-corrected chi connectivity index (χ0v) is 10.5. The SMILES string of the molecule is COc1cc(OCC2CCNC2)c([N+](=O)[O-])cc1F. The zero-order valence-electron chi connectivity index (χ0n) is 10.5. The topological polar surface area (TPSA) is 73.6 Å². The lowest BCUT2D eigenvalue weighted by Crippen LogP contribution is -2.16. The van der Waals surface area contributed by atoms with Gasteiger partial charge >= 0.3 is 5.69 Å². The quantitative estimate of drug-likeness (QED) is 0.651.